The molecule has 0 aliphatic carbocycles. The smallest absolute Gasteiger partial charge is 0.0448 e. The van der Waals surface area contributed by atoms with Gasteiger partial charge < -0.3 is 0 Å². The molecular weight excluding hydrogens is 212 g/mol. The van der Waals surface area contributed by atoms with Crippen molar-refractivity contribution in [2.75, 3.05) is 0 Å². The lowest BCUT2D eigenvalue weighted by atomic mass is 10.1. The highest BCUT2D eigenvalue weighted by Gasteiger charge is 2.24. The fourth-order valence-electron chi connectivity index (χ4n) is 2.23. The maximum absolute atomic E-state index is 2.52. The van der Waals surface area contributed by atoms with E-state index in [0.717, 1.165) is 5.92 Å². The Morgan fingerprint density at radius 2 is 1.20 bits per heavy atom. The first-order valence-corrected chi connectivity index (χ1v) is 13.6. The summed E-state index contributed by atoms with van der Waals surface area (Å²) in [5.41, 5.74) is 1.50. The highest BCUT2D eigenvalue weighted by atomic mass is 28.3. The van der Waals surface area contributed by atoms with Gasteiger partial charge in [-0.2, -0.15) is 0 Å². The molecule has 0 amide bonds. The van der Waals surface area contributed by atoms with Crippen LogP contribution in [0.3, 0.4) is 0 Å². The summed E-state index contributed by atoms with van der Waals surface area (Å²) in [5, 5.41) is 0. The van der Waals surface area contributed by atoms with Gasteiger partial charge in [0.2, 0.25) is 0 Å². The summed E-state index contributed by atoms with van der Waals surface area (Å²) in [5.74, 6) is 0.855. The molecule has 0 unspecified atom stereocenters. The van der Waals surface area contributed by atoms with Gasteiger partial charge in [-0.1, -0.05) is 63.0 Å². The molecule has 0 aromatic carbocycles. The molecule has 0 saturated heterocycles. The van der Waals surface area contributed by atoms with Crippen LogP contribution in [0.4, 0.5) is 0 Å². The second kappa shape index (κ2) is 5.49. The fourth-order valence-corrected chi connectivity index (χ4v) is 6.19. The summed E-state index contributed by atoms with van der Waals surface area (Å²) in [4.78, 5) is 0. The molecule has 0 N–H and O–H groups in total. The zero-order valence-electron chi connectivity index (χ0n) is 12.1. The summed E-state index contributed by atoms with van der Waals surface area (Å²) in [6.07, 6.45) is 2.52. The van der Waals surface area contributed by atoms with Crippen LogP contribution in [-0.2, 0) is 0 Å². The monoisotopic (exact) mass is 242 g/mol. The van der Waals surface area contributed by atoms with Gasteiger partial charge in [-0.05, 0) is 19.8 Å². The first-order valence-electron chi connectivity index (χ1n) is 6.15. The van der Waals surface area contributed by atoms with Gasteiger partial charge in [0.15, 0.2) is 0 Å². The standard InChI is InChI=1S/C13H30Si2/c1-12(2)9-13(10-14(3,4)5)11-15(6,7)8/h9,13H,10-11H2,1-8H3. The molecular formula is C13H30Si2. The van der Waals surface area contributed by atoms with E-state index in [1.807, 2.05) is 0 Å². The quantitative estimate of drug-likeness (QED) is 0.456. The number of hydrogen-bond acceptors (Lipinski definition) is 0. The van der Waals surface area contributed by atoms with E-state index < -0.39 is 16.1 Å². The lowest BCUT2D eigenvalue weighted by molar-refractivity contribution is 0.783. The molecule has 0 aromatic rings. The van der Waals surface area contributed by atoms with Crippen LogP contribution in [0, 0.1) is 5.92 Å². The van der Waals surface area contributed by atoms with E-state index in [-0.39, 0.29) is 0 Å². The third-order valence-electron chi connectivity index (χ3n) is 2.32. The molecule has 0 bridgehead atoms. The van der Waals surface area contributed by atoms with Crippen LogP contribution in [0.5, 0.6) is 0 Å². The van der Waals surface area contributed by atoms with Crippen molar-refractivity contribution in [1.82, 2.24) is 0 Å². The lowest BCUT2D eigenvalue weighted by Crippen LogP contribution is -2.29. The highest BCUT2D eigenvalue weighted by molar-refractivity contribution is 6.77. The van der Waals surface area contributed by atoms with Crippen molar-refractivity contribution in [3.05, 3.63) is 11.6 Å². The Kier molecular flexibility index (Phi) is 5.55. The Labute approximate surface area is 99.2 Å². The second-order valence-corrected chi connectivity index (χ2v) is 18.6. The van der Waals surface area contributed by atoms with Crippen molar-refractivity contribution < 1.29 is 0 Å². The average Bonchev–Trinajstić information content (AvgIpc) is 1.73. The van der Waals surface area contributed by atoms with Crippen molar-refractivity contribution in [3.63, 3.8) is 0 Å². The predicted molar refractivity (Wildman–Crippen MR) is 79.2 cm³/mol. The van der Waals surface area contributed by atoms with Gasteiger partial charge >= 0.3 is 0 Å². The molecule has 0 atom stereocenters. The molecule has 90 valence electrons. The van der Waals surface area contributed by atoms with Gasteiger partial charge in [0.1, 0.15) is 0 Å². The van der Waals surface area contributed by atoms with Crippen LogP contribution in [0.25, 0.3) is 0 Å². The van der Waals surface area contributed by atoms with Crippen molar-refractivity contribution >= 4 is 16.1 Å². The summed E-state index contributed by atoms with van der Waals surface area (Å²) >= 11 is 0. The molecule has 0 fully saturated rings. The van der Waals surface area contributed by atoms with E-state index in [9.17, 15) is 0 Å². The van der Waals surface area contributed by atoms with Crippen LogP contribution >= 0.6 is 0 Å². The number of rotatable bonds is 5. The molecule has 0 radical (unpaired) electrons. The number of allylic oxidation sites excluding steroid dienone is 2. The Morgan fingerprint density at radius 1 is 0.867 bits per heavy atom. The van der Waals surface area contributed by atoms with Crippen LogP contribution in [0.2, 0.25) is 51.4 Å². The minimum atomic E-state index is -0.909. The lowest BCUT2D eigenvalue weighted by Gasteiger charge is -2.27. The average molecular weight is 243 g/mol. The summed E-state index contributed by atoms with van der Waals surface area (Å²) < 4.78 is 0. The third-order valence-corrected chi connectivity index (χ3v) is 5.82. The molecule has 0 nitrogen and oxygen atoms in total. The Hall–Kier alpha value is 0.174. The molecule has 0 aromatic heterocycles. The Balaban J connectivity index is 4.54. The normalized spacial score (nSPS) is 13.1. The first-order chi connectivity index (χ1) is 6.49. The molecule has 2 heteroatoms. The largest absolute Gasteiger partial charge is 0.0833 e. The van der Waals surface area contributed by atoms with Crippen molar-refractivity contribution in [2.45, 2.75) is 65.2 Å². The summed E-state index contributed by atoms with van der Waals surface area (Å²) in [6, 6.07) is 2.92. The molecule has 15 heavy (non-hydrogen) atoms. The number of hydrogen-bond donors (Lipinski definition) is 0. The minimum absolute atomic E-state index is 0.855. The van der Waals surface area contributed by atoms with Crippen LogP contribution in [0.15, 0.2) is 11.6 Å². The van der Waals surface area contributed by atoms with E-state index in [0.29, 0.717) is 0 Å². The van der Waals surface area contributed by atoms with Crippen molar-refractivity contribution in [2.24, 2.45) is 5.92 Å². The van der Waals surface area contributed by atoms with Crippen LogP contribution in [0.1, 0.15) is 13.8 Å². The van der Waals surface area contributed by atoms with Crippen LogP contribution in [-0.4, -0.2) is 16.1 Å². The zero-order chi connectivity index (χ0) is 12.3. The third kappa shape index (κ3) is 10.5. The van der Waals surface area contributed by atoms with E-state index in [4.69, 9.17) is 0 Å². The second-order valence-electron chi connectivity index (χ2n) is 7.53. The molecule has 0 aliphatic heterocycles. The SMILES string of the molecule is CC(C)=CC(C[Si](C)(C)C)C[Si](C)(C)C. The Morgan fingerprint density at radius 3 is 1.40 bits per heavy atom. The van der Waals surface area contributed by atoms with E-state index >= 15 is 0 Å². The molecule has 0 spiro atoms. The maximum Gasteiger partial charge on any atom is 0.0448 e. The zero-order valence-corrected chi connectivity index (χ0v) is 14.1. The summed E-state index contributed by atoms with van der Waals surface area (Å²) in [6.45, 7) is 19.4. The van der Waals surface area contributed by atoms with Gasteiger partial charge in [-0.15, -0.1) is 0 Å². The van der Waals surface area contributed by atoms with E-state index in [1.54, 1.807) is 0 Å². The predicted octanol–water partition coefficient (Wildman–Crippen LogP) is 5.25. The van der Waals surface area contributed by atoms with Gasteiger partial charge in [0, 0.05) is 16.1 Å². The van der Waals surface area contributed by atoms with Gasteiger partial charge in [0.25, 0.3) is 0 Å². The fraction of sp³-hybridized carbons (Fsp3) is 0.846. The molecule has 0 heterocycles. The van der Waals surface area contributed by atoms with Crippen molar-refractivity contribution in [3.8, 4) is 0 Å². The molecule has 0 rings (SSSR count). The summed E-state index contributed by atoms with van der Waals surface area (Å²) in [7, 11) is -1.82. The highest BCUT2D eigenvalue weighted by Crippen LogP contribution is 2.27. The maximum atomic E-state index is 2.52. The van der Waals surface area contributed by atoms with Crippen LogP contribution < -0.4 is 0 Å². The minimum Gasteiger partial charge on any atom is -0.0833 e. The van der Waals surface area contributed by atoms with Gasteiger partial charge in [-0.3, -0.25) is 0 Å². The van der Waals surface area contributed by atoms with Gasteiger partial charge in [0.05, 0.1) is 0 Å². The Bertz CT molecular complexity index is 196. The van der Waals surface area contributed by atoms with E-state index in [1.165, 1.54) is 17.7 Å². The van der Waals surface area contributed by atoms with Crippen molar-refractivity contribution in [1.29, 1.82) is 0 Å². The molecule has 0 aliphatic rings. The topological polar surface area (TPSA) is 0 Å². The first kappa shape index (κ1) is 15.2. The van der Waals surface area contributed by atoms with Gasteiger partial charge in [-0.25, -0.2) is 0 Å². The van der Waals surface area contributed by atoms with E-state index in [2.05, 4.69) is 59.2 Å². The molecule has 0 saturated carbocycles.